The second-order valence-corrected chi connectivity index (χ2v) is 9.98. The minimum absolute atomic E-state index is 0.0223. The summed E-state index contributed by atoms with van der Waals surface area (Å²) in [5.74, 6) is 0.429. The number of para-hydroxylation sites is 1. The van der Waals surface area contributed by atoms with Crippen LogP contribution in [0.2, 0.25) is 0 Å². The Kier molecular flexibility index (Phi) is 4.07. The van der Waals surface area contributed by atoms with Gasteiger partial charge in [0.2, 0.25) is 0 Å². The summed E-state index contributed by atoms with van der Waals surface area (Å²) in [6.07, 6.45) is -0.862. The highest BCUT2D eigenvalue weighted by molar-refractivity contribution is 8.02. The second kappa shape index (κ2) is 6.11. The summed E-state index contributed by atoms with van der Waals surface area (Å²) in [6, 6.07) is 11.6. The molecule has 1 N–H and O–H groups in total. The van der Waals surface area contributed by atoms with Gasteiger partial charge in [-0.25, -0.2) is 18.4 Å². The van der Waals surface area contributed by atoms with Crippen LogP contribution in [0.4, 0.5) is 0 Å². The molecule has 0 unspecified atom stereocenters. The van der Waals surface area contributed by atoms with Crippen molar-refractivity contribution in [2.45, 2.75) is 16.4 Å². The largest absolute Gasteiger partial charge is 0.391 e. The zero-order valence-electron chi connectivity index (χ0n) is 12.5. The summed E-state index contributed by atoms with van der Waals surface area (Å²) in [5.41, 5.74) is 0.814. The molecule has 1 aliphatic rings. The Balaban J connectivity index is 1.79. The first-order chi connectivity index (χ1) is 11.5. The Bertz CT molecular complexity index is 987. The Labute approximate surface area is 147 Å². The number of rotatable bonds is 3. The Hall–Kier alpha value is -1.48. The van der Waals surface area contributed by atoms with E-state index >= 15 is 0 Å². The number of fused-ring (bicyclic) bond motifs is 1. The lowest BCUT2D eigenvalue weighted by molar-refractivity contribution is 0.207. The number of sulfone groups is 1. The highest BCUT2D eigenvalue weighted by Gasteiger charge is 2.37. The minimum atomic E-state index is -3.18. The van der Waals surface area contributed by atoms with Gasteiger partial charge in [0.25, 0.3) is 0 Å². The number of benzene rings is 1. The van der Waals surface area contributed by atoms with Crippen LogP contribution in [0.3, 0.4) is 0 Å². The van der Waals surface area contributed by atoms with Gasteiger partial charge in [-0.1, -0.05) is 36.0 Å². The molecule has 8 heteroatoms. The molecule has 0 radical (unpaired) electrons. The fourth-order valence-corrected chi connectivity index (χ4v) is 6.97. The lowest BCUT2D eigenvalue weighted by atomic mass is 10.2. The maximum Gasteiger partial charge on any atom is 0.171 e. The summed E-state index contributed by atoms with van der Waals surface area (Å²) in [7, 11) is -3.18. The van der Waals surface area contributed by atoms with Crippen molar-refractivity contribution in [3.8, 4) is 10.7 Å². The Morgan fingerprint density at radius 2 is 1.96 bits per heavy atom. The minimum Gasteiger partial charge on any atom is -0.391 e. The van der Waals surface area contributed by atoms with Crippen LogP contribution in [0.25, 0.3) is 21.6 Å². The predicted octanol–water partition coefficient (Wildman–Crippen LogP) is 2.61. The van der Waals surface area contributed by atoms with Gasteiger partial charge < -0.3 is 5.11 Å². The lowest BCUT2D eigenvalue weighted by Gasteiger charge is -2.13. The average molecular weight is 379 g/mol. The van der Waals surface area contributed by atoms with Gasteiger partial charge in [0.05, 0.1) is 33.3 Å². The first kappa shape index (κ1) is 16.0. The van der Waals surface area contributed by atoms with Crippen molar-refractivity contribution in [2.24, 2.45) is 0 Å². The smallest absolute Gasteiger partial charge is 0.171 e. The first-order valence-electron chi connectivity index (χ1n) is 7.38. The van der Waals surface area contributed by atoms with E-state index in [9.17, 15) is 13.5 Å². The molecular formula is C16H14N2O3S3. The van der Waals surface area contributed by atoms with Gasteiger partial charge >= 0.3 is 0 Å². The van der Waals surface area contributed by atoms with Gasteiger partial charge in [-0.2, -0.15) is 0 Å². The van der Waals surface area contributed by atoms with E-state index in [1.807, 2.05) is 41.8 Å². The number of hydrogen-bond acceptors (Lipinski definition) is 7. The summed E-state index contributed by atoms with van der Waals surface area (Å²) < 4.78 is 23.5. The SMILES string of the molecule is O=S1(=O)C[C@@H](O)[C@@H](Sc2nc(-c3cccs3)nc3ccccc23)C1. The van der Waals surface area contributed by atoms with Crippen LogP contribution in [-0.4, -0.2) is 46.4 Å². The summed E-state index contributed by atoms with van der Waals surface area (Å²) in [6.45, 7) is 0. The van der Waals surface area contributed by atoms with Gasteiger partial charge in [0.15, 0.2) is 15.7 Å². The van der Waals surface area contributed by atoms with Crippen molar-refractivity contribution in [1.29, 1.82) is 0 Å². The third-order valence-corrected chi connectivity index (χ3v) is 7.96. The molecule has 0 bridgehead atoms. The van der Waals surface area contributed by atoms with Gasteiger partial charge in [-0.3, -0.25) is 0 Å². The van der Waals surface area contributed by atoms with Crippen molar-refractivity contribution in [2.75, 3.05) is 11.5 Å². The predicted molar refractivity (Wildman–Crippen MR) is 97.2 cm³/mol. The van der Waals surface area contributed by atoms with Crippen molar-refractivity contribution in [3.05, 3.63) is 41.8 Å². The van der Waals surface area contributed by atoms with Gasteiger partial charge in [-0.15, -0.1) is 11.3 Å². The van der Waals surface area contributed by atoms with E-state index in [1.54, 1.807) is 11.3 Å². The molecule has 124 valence electrons. The molecule has 1 fully saturated rings. The third-order valence-electron chi connectivity index (χ3n) is 3.84. The topological polar surface area (TPSA) is 80.2 Å². The van der Waals surface area contributed by atoms with Crippen LogP contribution >= 0.6 is 23.1 Å². The molecule has 0 aliphatic carbocycles. The number of thiophene rings is 1. The summed E-state index contributed by atoms with van der Waals surface area (Å²) in [5, 5.41) is 13.2. The zero-order chi connectivity index (χ0) is 16.7. The van der Waals surface area contributed by atoms with E-state index < -0.39 is 21.2 Å². The number of thioether (sulfide) groups is 1. The maximum atomic E-state index is 11.8. The van der Waals surface area contributed by atoms with Crippen molar-refractivity contribution in [1.82, 2.24) is 9.97 Å². The van der Waals surface area contributed by atoms with Gasteiger partial charge in [0, 0.05) is 5.39 Å². The van der Waals surface area contributed by atoms with Gasteiger partial charge in [0.1, 0.15) is 5.03 Å². The molecule has 0 amide bonds. The second-order valence-electron chi connectivity index (χ2n) is 5.65. The lowest BCUT2D eigenvalue weighted by Crippen LogP contribution is -2.20. The van der Waals surface area contributed by atoms with Crippen LogP contribution in [-0.2, 0) is 9.84 Å². The third kappa shape index (κ3) is 3.06. The van der Waals surface area contributed by atoms with E-state index in [1.165, 1.54) is 11.8 Å². The van der Waals surface area contributed by atoms with E-state index in [4.69, 9.17) is 0 Å². The Morgan fingerprint density at radius 3 is 2.67 bits per heavy atom. The molecule has 0 saturated carbocycles. The molecule has 1 aliphatic heterocycles. The summed E-state index contributed by atoms with van der Waals surface area (Å²) in [4.78, 5) is 10.2. The molecule has 2 atom stereocenters. The molecule has 3 aromatic rings. The normalized spacial score (nSPS) is 22.9. The van der Waals surface area contributed by atoms with Crippen LogP contribution in [0.5, 0.6) is 0 Å². The number of aliphatic hydroxyl groups is 1. The highest BCUT2D eigenvalue weighted by Crippen LogP contribution is 2.35. The standard InChI is InChI=1S/C16H14N2O3S3/c19-12-8-24(20,21)9-14(12)23-16-10-4-1-2-5-11(10)17-15(18-16)13-6-3-7-22-13/h1-7,12,14,19H,8-9H2/t12-,14+/m1/s1. The molecule has 3 heterocycles. The van der Waals surface area contributed by atoms with Crippen molar-refractivity contribution in [3.63, 3.8) is 0 Å². The molecule has 0 spiro atoms. The molecule has 4 rings (SSSR count). The van der Waals surface area contributed by atoms with E-state index in [0.717, 1.165) is 15.8 Å². The van der Waals surface area contributed by atoms with E-state index in [0.29, 0.717) is 10.9 Å². The maximum absolute atomic E-state index is 11.8. The Morgan fingerprint density at radius 1 is 1.12 bits per heavy atom. The van der Waals surface area contributed by atoms with Gasteiger partial charge in [-0.05, 0) is 17.5 Å². The van der Waals surface area contributed by atoms with Crippen LogP contribution < -0.4 is 0 Å². The molecule has 24 heavy (non-hydrogen) atoms. The van der Waals surface area contributed by atoms with Crippen LogP contribution in [0, 0.1) is 0 Å². The fraction of sp³-hybridized carbons (Fsp3) is 0.250. The number of hydrogen-bond donors (Lipinski definition) is 1. The number of aliphatic hydroxyl groups excluding tert-OH is 1. The van der Waals surface area contributed by atoms with Crippen molar-refractivity contribution >= 4 is 43.8 Å². The number of aromatic nitrogens is 2. The summed E-state index contributed by atoms with van der Waals surface area (Å²) >= 11 is 2.88. The number of nitrogens with zero attached hydrogens (tertiary/aromatic N) is 2. The molecule has 1 saturated heterocycles. The monoisotopic (exact) mass is 378 g/mol. The highest BCUT2D eigenvalue weighted by atomic mass is 32.2. The van der Waals surface area contributed by atoms with E-state index in [2.05, 4.69) is 9.97 Å². The molecule has 2 aromatic heterocycles. The fourth-order valence-electron chi connectivity index (χ4n) is 2.71. The van der Waals surface area contributed by atoms with Crippen molar-refractivity contribution < 1.29 is 13.5 Å². The van der Waals surface area contributed by atoms with Crippen LogP contribution in [0.1, 0.15) is 0 Å². The zero-order valence-corrected chi connectivity index (χ0v) is 14.9. The van der Waals surface area contributed by atoms with Crippen LogP contribution in [0.15, 0.2) is 46.8 Å². The molecule has 1 aromatic carbocycles. The first-order valence-corrected chi connectivity index (χ1v) is 11.0. The molecule has 5 nitrogen and oxygen atoms in total. The van der Waals surface area contributed by atoms with E-state index in [-0.39, 0.29) is 11.5 Å². The quantitative estimate of drug-likeness (QED) is 0.706. The average Bonchev–Trinajstić information content (AvgIpc) is 3.15. The molecular weight excluding hydrogens is 364 g/mol.